The van der Waals surface area contributed by atoms with Crippen LogP contribution in [0.4, 0.5) is 0 Å². The van der Waals surface area contributed by atoms with E-state index < -0.39 is 12.0 Å². The summed E-state index contributed by atoms with van der Waals surface area (Å²) in [5, 5.41) is 14.4. The van der Waals surface area contributed by atoms with Crippen LogP contribution in [-0.4, -0.2) is 29.6 Å². The Balaban J connectivity index is 1.67. The zero-order valence-corrected chi connectivity index (χ0v) is 17.3. The first kappa shape index (κ1) is 21.5. The Labute approximate surface area is 176 Å². The topological polar surface area (TPSA) is 92.4 Å². The van der Waals surface area contributed by atoms with E-state index in [0.717, 1.165) is 5.56 Å². The highest BCUT2D eigenvalue weighted by Gasteiger charge is 2.18. The zero-order chi connectivity index (χ0) is 21.7. The zero-order valence-electron chi connectivity index (χ0n) is 17.3. The maximum Gasteiger partial charge on any atom is 0.320 e. The number of nitrogens with one attached hydrogen (secondary N) is 1. The molecular weight excluding hydrogens is 376 g/mol. The lowest BCUT2D eigenvalue weighted by Gasteiger charge is -2.22. The summed E-state index contributed by atoms with van der Waals surface area (Å²) in [6.45, 7) is 4.86. The van der Waals surface area contributed by atoms with Gasteiger partial charge in [0.05, 0.1) is 0 Å². The molecule has 0 aromatic heterocycles. The molecule has 30 heavy (non-hydrogen) atoms. The highest BCUT2D eigenvalue weighted by Crippen LogP contribution is 2.27. The number of carbonyl (C=O) groups is 2. The number of aliphatic carboxylic acids is 1. The number of hydrogen-bond acceptors (Lipinski definition) is 3. The molecular formula is C25H28N2O3. The van der Waals surface area contributed by atoms with Crippen molar-refractivity contribution in [1.29, 1.82) is 0 Å². The Morgan fingerprint density at radius 2 is 1.63 bits per heavy atom. The Kier molecular flexibility index (Phi) is 6.85. The summed E-state index contributed by atoms with van der Waals surface area (Å²) in [4.78, 5) is 23.5. The number of hydrogen-bond donors (Lipinski definition) is 3. The average molecular weight is 405 g/mol. The number of benzene rings is 3. The molecule has 1 amide bonds. The molecule has 3 rings (SSSR count). The van der Waals surface area contributed by atoms with Crippen molar-refractivity contribution in [3.63, 3.8) is 0 Å². The lowest BCUT2D eigenvalue weighted by Crippen LogP contribution is -2.32. The van der Waals surface area contributed by atoms with Crippen LogP contribution in [0.5, 0.6) is 0 Å². The Morgan fingerprint density at radius 3 is 2.27 bits per heavy atom. The second-order valence-electron chi connectivity index (χ2n) is 8.01. The van der Waals surface area contributed by atoms with Gasteiger partial charge < -0.3 is 16.2 Å². The maximum absolute atomic E-state index is 12.6. The van der Waals surface area contributed by atoms with Crippen molar-refractivity contribution in [2.45, 2.75) is 32.2 Å². The quantitative estimate of drug-likeness (QED) is 0.530. The van der Waals surface area contributed by atoms with Crippen molar-refractivity contribution < 1.29 is 14.7 Å². The third-order valence-corrected chi connectivity index (χ3v) is 5.48. The molecule has 0 heterocycles. The normalized spacial score (nSPS) is 13.2. The van der Waals surface area contributed by atoms with Crippen LogP contribution in [0.3, 0.4) is 0 Å². The molecule has 3 aromatic carbocycles. The third-order valence-electron chi connectivity index (χ3n) is 5.48. The molecule has 3 aromatic rings. The van der Waals surface area contributed by atoms with Gasteiger partial charge in [0, 0.05) is 18.0 Å². The van der Waals surface area contributed by atoms with Crippen LogP contribution in [0.1, 0.15) is 41.3 Å². The summed E-state index contributed by atoms with van der Waals surface area (Å²) in [6.07, 6.45) is 0.231. The van der Waals surface area contributed by atoms with Crippen molar-refractivity contribution in [3.05, 3.63) is 83.4 Å². The summed E-state index contributed by atoms with van der Waals surface area (Å²) in [7, 11) is 0. The summed E-state index contributed by atoms with van der Waals surface area (Å²) in [5.74, 6) is -0.613. The van der Waals surface area contributed by atoms with Gasteiger partial charge in [-0.05, 0) is 46.4 Å². The van der Waals surface area contributed by atoms with E-state index in [-0.39, 0.29) is 18.2 Å². The summed E-state index contributed by atoms with van der Waals surface area (Å²) >= 11 is 0. The molecule has 0 bridgehead atoms. The van der Waals surface area contributed by atoms with Gasteiger partial charge in [-0.2, -0.15) is 0 Å². The molecule has 0 spiro atoms. The summed E-state index contributed by atoms with van der Waals surface area (Å²) in [6, 6.07) is 20.7. The number of carbonyl (C=O) groups excluding carboxylic acids is 1. The van der Waals surface area contributed by atoms with E-state index in [9.17, 15) is 9.59 Å². The molecule has 156 valence electrons. The van der Waals surface area contributed by atoms with Gasteiger partial charge in [-0.1, -0.05) is 68.4 Å². The molecule has 5 heteroatoms. The van der Waals surface area contributed by atoms with Gasteiger partial charge in [-0.15, -0.1) is 0 Å². The van der Waals surface area contributed by atoms with Gasteiger partial charge in [0.15, 0.2) is 0 Å². The second-order valence-corrected chi connectivity index (χ2v) is 8.01. The lowest BCUT2D eigenvalue weighted by molar-refractivity contribution is -0.138. The maximum atomic E-state index is 12.6. The number of rotatable bonds is 8. The predicted molar refractivity (Wildman–Crippen MR) is 120 cm³/mol. The van der Waals surface area contributed by atoms with E-state index in [0.29, 0.717) is 18.0 Å². The van der Waals surface area contributed by atoms with E-state index in [1.165, 1.54) is 16.3 Å². The monoisotopic (exact) mass is 404 g/mol. The number of fused-ring (bicyclic) bond motifs is 1. The highest BCUT2D eigenvalue weighted by atomic mass is 16.4. The third kappa shape index (κ3) is 5.24. The summed E-state index contributed by atoms with van der Waals surface area (Å²) in [5.41, 5.74) is 8.11. The Hall–Kier alpha value is -3.18. The molecule has 0 aliphatic carbocycles. The van der Waals surface area contributed by atoms with Crippen LogP contribution in [0, 0.1) is 5.92 Å². The number of carboxylic acids is 1. The van der Waals surface area contributed by atoms with Crippen molar-refractivity contribution in [1.82, 2.24) is 5.32 Å². The van der Waals surface area contributed by atoms with Gasteiger partial charge in [-0.3, -0.25) is 9.59 Å². The van der Waals surface area contributed by atoms with Crippen LogP contribution in [0.15, 0.2) is 66.7 Å². The Bertz CT molecular complexity index is 1030. The first-order valence-electron chi connectivity index (χ1n) is 10.2. The van der Waals surface area contributed by atoms with Crippen molar-refractivity contribution in [2.75, 3.05) is 6.54 Å². The number of nitrogens with two attached hydrogens (primary N) is 1. The van der Waals surface area contributed by atoms with E-state index in [4.69, 9.17) is 10.8 Å². The molecule has 0 radical (unpaired) electrons. The van der Waals surface area contributed by atoms with E-state index >= 15 is 0 Å². The fourth-order valence-electron chi connectivity index (χ4n) is 3.62. The largest absolute Gasteiger partial charge is 0.480 e. The van der Waals surface area contributed by atoms with Crippen LogP contribution < -0.4 is 11.1 Å². The van der Waals surface area contributed by atoms with Crippen LogP contribution in [0.2, 0.25) is 0 Å². The van der Waals surface area contributed by atoms with E-state index in [1.807, 2.05) is 12.1 Å². The van der Waals surface area contributed by atoms with Gasteiger partial charge in [0.2, 0.25) is 0 Å². The first-order valence-corrected chi connectivity index (χ1v) is 10.2. The van der Waals surface area contributed by atoms with Gasteiger partial charge in [0.25, 0.3) is 5.91 Å². The minimum absolute atomic E-state index is 0.143. The highest BCUT2D eigenvalue weighted by molar-refractivity contribution is 5.94. The van der Waals surface area contributed by atoms with E-state index in [2.05, 4.69) is 49.5 Å². The minimum atomic E-state index is -1.04. The smallest absolute Gasteiger partial charge is 0.320 e. The molecule has 0 aliphatic heterocycles. The van der Waals surface area contributed by atoms with Gasteiger partial charge in [-0.25, -0.2) is 0 Å². The molecule has 2 atom stereocenters. The molecule has 5 nitrogen and oxygen atoms in total. The molecule has 0 aliphatic rings. The molecule has 0 unspecified atom stereocenters. The van der Waals surface area contributed by atoms with Crippen LogP contribution >= 0.6 is 0 Å². The second kappa shape index (κ2) is 9.55. The van der Waals surface area contributed by atoms with Crippen molar-refractivity contribution in [2.24, 2.45) is 11.7 Å². The predicted octanol–water partition coefficient (Wildman–Crippen LogP) is 3.96. The first-order chi connectivity index (χ1) is 14.3. The van der Waals surface area contributed by atoms with Crippen molar-refractivity contribution >= 4 is 22.6 Å². The number of amides is 1. The van der Waals surface area contributed by atoms with Crippen LogP contribution in [-0.2, 0) is 11.2 Å². The fraction of sp³-hybridized carbons (Fsp3) is 0.280. The standard InChI is InChI=1S/C25H28N2O3/c1-16(2)22(21-12-11-18-5-3-4-6-20(18)14-21)15-27-24(28)19-9-7-17(8-10-19)13-23(26)25(29)30/h3-12,14,16,22-23H,13,15,26H2,1-2H3,(H,27,28)(H,29,30)/t22-,23+/m1/s1. The number of carboxylic acid groups (broad SMARTS) is 1. The molecule has 0 saturated heterocycles. The molecule has 0 saturated carbocycles. The Morgan fingerprint density at radius 1 is 0.967 bits per heavy atom. The average Bonchev–Trinajstić information content (AvgIpc) is 2.73. The molecule has 4 N–H and O–H groups in total. The molecule has 0 fully saturated rings. The summed E-state index contributed by atoms with van der Waals surface area (Å²) < 4.78 is 0. The van der Waals surface area contributed by atoms with Crippen LogP contribution in [0.25, 0.3) is 10.8 Å². The minimum Gasteiger partial charge on any atom is -0.480 e. The van der Waals surface area contributed by atoms with Crippen molar-refractivity contribution in [3.8, 4) is 0 Å². The van der Waals surface area contributed by atoms with Gasteiger partial charge >= 0.3 is 5.97 Å². The SMILES string of the molecule is CC(C)[C@@H](CNC(=O)c1ccc(C[C@H](N)C(=O)O)cc1)c1ccc2ccccc2c1. The van der Waals surface area contributed by atoms with E-state index in [1.54, 1.807) is 24.3 Å². The lowest BCUT2D eigenvalue weighted by atomic mass is 9.87. The fourth-order valence-corrected chi connectivity index (χ4v) is 3.62. The van der Waals surface area contributed by atoms with Gasteiger partial charge in [0.1, 0.15) is 6.04 Å².